The Morgan fingerprint density at radius 2 is 1.56 bits per heavy atom. The predicted octanol–water partition coefficient (Wildman–Crippen LogP) is 5.09. The topological polar surface area (TPSA) is 155 Å². The number of halogens is 1. The third-order valence-electron chi connectivity index (χ3n) is 7.57. The summed E-state index contributed by atoms with van der Waals surface area (Å²) in [6.07, 6.45) is -2.36. The van der Waals surface area contributed by atoms with E-state index in [0.29, 0.717) is 33.5 Å². The number of aliphatic carboxylic acids is 1. The minimum atomic E-state index is -1.21. The average molecular weight is 616 g/mol. The highest BCUT2D eigenvalue weighted by atomic mass is 19.1. The highest BCUT2D eigenvalue weighted by Crippen LogP contribution is 2.42. The Morgan fingerprint density at radius 1 is 0.889 bits per heavy atom. The van der Waals surface area contributed by atoms with E-state index in [1.807, 2.05) is 48.7 Å². The van der Waals surface area contributed by atoms with Crippen LogP contribution in [0.5, 0.6) is 0 Å². The largest absolute Gasteiger partial charge is 0.481 e. The van der Waals surface area contributed by atoms with Crippen LogP contribution in [0.4, 0.5) is 4.39 Å². The first-order chi connectivity index (χ1) is 21.5. The van der Waals surface area contributed by atoms with E-state index in [4.69, 9.17) is 10.8 Å². The van der Waals surface area contributed by atoms with Crippen molar-refractivity contribution in [3.63, 3.8) is 0 Å². The van der Waals surface area contributed by atoms with Gasteiger partial charge < -0.3 is 30.9 Å². The Morgan fingerprint density at radius 3 is 2.18 bits per heavy atom. The maximum absolute atomic E-state index is 14.2. The highest BCUT2D eigenvalue weighted by Gasteiger charge is 2.30. The summed E-state index contributed by atoms with van der Waals surface area (Å²) >= 11 is 0. The average Bonchev–Trinajstić information content (AvgIpc) is 3.35. The third kappa shape index (κ3) is 8.23. The van der Waals surface area contributed by atoms with Gasteiger partial charge in [-0.3, -0.25) is 14.4 Å². The summed E-state index contributed by atoms with van der Waals surface area (Å²) in [6, 6.07) is 21.8. The Labute approximate surface area is 261 Å². The molecule has 0 fully saturated rings. The van der Waals surface area contributed by atoms with Crippen LogP contribution in [0.3, 0.4) is 0 Å². The number of rotatable bonds is 14. The molecule has 0 saturated heterocycles. The van der Waals surface area contributed by atoms with Crippen molar-refractivity contribution < 1.29 is 34.1 Å². The second-order valence-electron chi connectivity index (χ2n) is 11.3. The highest BCUT2D eigenvalue weighted by molar-refractivity contribution is 6.05. The van der Waals surface area contributed by atoms with Crippen LogP contribution in [0.1, 0.15) is 71.3 Å². The molecule has 0 unspecified atom stereocenters. The number of aliphatic hydroxyl groups excluding tert-OH is 2. The number of carboxylic acid groups (broad SMARTS) is 1. The van der Waals surface area contributed by atoms with Gasteiger partial charge in [0.25, 0.3) is 5.91 Å². The van der Waals surface area contributed by atoms with E-state index in [2.05, 4.69) is 5.32 Å². The number of nitrogens with two attached hydrogens (primary N) is 1. The number of nitrogens with one attached hydrogen (secondary N) is 1. The molecule has 4 rings (SSSR count). The number of nitrogens with zero attached hydrogens (tertiary/aromatic N) is 1. The van der Waals surface area contributed by atoms with Gasteiger partial charge in [-0.25, -0.2) is 4.39 Å². The SMILES string of the molecule is CC(C)n1c(CC[C@@H](O)C[C@@H](O)CC(=O)O)c(-c2ccc(F)cc2)c(-c2ccccc2)c1C(=O)NCc1cccc(C(N)=O)c1. The minimum absolute atomic E-state index is 0.121. The molecule has 1 heterocycles. The summed E-state index contributed by atoms with van der Waals surface area (Å²) in [5.41, 5.74) is 10.3. The summed E-state index contributed by atoms with van der Waals surface area (Å²) < 4.78 is 16.0. The molecule has 236 valence electrons. The lowest BCUT2D eigenvalue weighted by Crippen LogP contribution is -2.27. The van der Waals surface area contributed by atoms with Gasteiger partial charge in [0, 0.05) is 35.0 Å². The molecule has 0 radical (unpaired) electrons. The van der Waals surface area contributed by atoms with Crippen LogP contribution in [-0.4, -0.2) is 49.9 Å². The van der Waals surface area contributed by atoms with Crippen molar-refractivity contribution in [3.05, 3.63) is 107 Å². The van der Waals surface area contributed by atoms with E-state index in [1.165, 1.54) is 12.1 Å². The zero-order chi connectivity index (χ0) is 32.7. The lowest BCUT2D eigenvalue weighted by molar-refractivity contribution is -0.139. The van der Waals surface area contributed by atoms with Crippen LogP contribution < -0.4 is 11.1 Å². The molecule has 0 aliphatic carbocycles. The third-order valence-corrected chi connectivity index (χ3v) is 7.57. The number of primary amides is 1. The first kappa shape index (κ1) is 33.1. The van der Waals surface area contributed by atoms with E-state index in [1.54, 1.807) is 36.4 Å². The zero-order valence-corrected chi connectivity index (χ0v) is 25.2. The van der Waals surface area contributed by atoms with Crippen LogP contribution in [0, 0.1) is 5.82 Å². The molecular formula is C35H38FN3O6. The van der Waals surface area contributed by atoms with Crippen LogP contribution >= 0.6 is 0 Å². The first-order valence-electron chi connectivity index (χ1n) is 14.8. The van der Waals surface area contributed by atoms with Gasteiger partial charge in [0.1, 0.15) is 11.5 Å². The summed E-state index contributed by atoms with van der Waals surface area (Å²) in [5, 5.41) is 32.9. The van der Waals surface area contributed by atoms with Gasteiger partial charge >= 0.3 is 5.97 Å². The Bertz CT molecular complexity index is 1650. The maximum atomic E-state index is 14.2. The number of benzene rings is 3. The van der Waals surface area contributed by atoms with Crippen molar-refractivity contribution >= 4 is 17.8 Å². The molecule has 0 spiro atoms. The van der Waals surface area contributed by atoms with E-state index < -0.39 is 36.3 Å². The quantitative estimate of drug-likeness (QED) is 0.133. The van der Waals surface area contributed by atoms with Crippen molar-refractivity contribution in [1.82, 2.24) is 9.88 Å². The smallest absolute Gasteiger partial charge is 0.305 e. The van der Waals surface area contributed by atoms with Crippen LogP contribution in [-0.2, 0) is 17.8 Å². The van der Waals surface area contributed by atoms with Crippen molar-refractivity contribution in [2.45, 2.75) is 64.3 Å². The minimum Gasteiger partial charge on any atom is -0.481 e. The predicted molar refractivity (Wildman–Crippen MR) is 169 cm³/mol. The molecule has 4 aromatic rings. The summed E-state index contributed by atoms with van der Waals surface area (Å²) in [5.74, 6) is -2.52. The molecule has 9 nitrogen and oxygen atoms in total. The van der Waals surface area contributed by atoms with Gasteiger partial charge in [0.2, 0.25) is 5.91 Å². The molecule has 0 saturated carbocycles. The maximum Gasteiger partial charge on any atom is 0.305 e. The summed E-state index contributed by atoms with van der Waals surface area (Å²) in [4.78, 5) is 36.9. The second kappa shape index (κ2) is 14.8. The summed E-state index contributed by atoms with van der Waals surface area (Å²) in [7, 11) is 0. The number of carbonyl (C=O) groups excluding carboxylic acids is 2. The monoisotopic (exact) mass is 615 g/mol. The number of carbonyl (C=O) groups is 3. The molecule has 10 heteroatoms. The molecule has 6 N–H and O–H groups in total. The first-order valence-corrected chi connectivity index (χ1v) is 14.8. The van der Waals surface area contributed by atoms with Gasteiger partial charge in [-0.15, -0.1) is 0 Å². The van der Waals surface area contributed by atoms with Gasteiger partial charge in [0.05, 0.1) is 18.6 Å². The molecule has 0 bridgehead atoms. The number of hydrogen-bond donors (Lipinski definition) is 5. The van der Waals surface area contributed by atoms with Gasteiger partial charge in [0.15, 0.2) is 0 Å². The molecule has 2 amide bonds. The van der Waals surface area contributed by atoms with Gasteiger partial charge in [-0.05, 0) is 74.1 Å². The Kier molecular flexibility index (Phi) is 10.9. The van der Waals surface area contributed by atoms with Crippen molar-refractivity contribution in [3.8, 4) is 22.3 Å². The summed E-state index contributed by atoms with van der Waals surface area (Å²) in [6.45, 7) is 4.00. The molecular weight excluding hydrogens is 577 g/mol. The standard InChI is InChI=1S/C35H38FN3O6/c1-21(2)39-29(16-15-27(40)18-28(41)19-30(42)43)31(24-11-13-26(36)14-12-24)32(23-8-4-3-5-9-23)33(39)35(45)38-20-22-7-6-10-25(17-22)34(37)44/h3-14,17,21,27-28,40-41H,15-16,18-20H2,1-2H3,(H2,37,44)(H,38,45)(H,42,43)/t27-,28-/m1/s1. The molecule has 3 aromatic carbocycles. The Balaban J connectivity index is 1.84. The second-order valence-corrected chi connectivity index (χ2v) is 11.3. The van der Waals surface area contributed by atoms with Crippen molar-refractivity contribution in [2.75, 3.05) is 0 Å². The van der Waals surface area contributed by atoms with Crippen LogP contribution in [0.15, 0.2) is 78.9 Å². The number of aromatic nitrogens is 1. The number of aliphatic hydroxyl groups is 2. The fourth-order valence-electron chi connectivity index (χ4n) is 5.61. The normalized spacial score (nSPS) is 12.6. The van der Waals surface area contributed by atoms with E-state index in [-0.39, 0.29) is 37.8 Å². The Hall–Kier alpha value is -4.80. The lowest BCUT2D eigenvalue weighted by atomic mass is 9.92. The van der Waals surface area contributed by atoms with E-state index in [9.17, 15) is 29.0 Å². The van der Waals surface area contributed by atoms with Crippen LogP contribution in [0.25, 0.3) is 22.3 Å². The molecule has 45 heavy (non-hydrogen) atoms. The van der Waals surface area contributed by atoms with Crippen molar-refractivity contribution in [1.29, 1.82) is 0 Å². The lowest BCUT2D eigenvalue weighted by Gasteiger charge is -2.20. The molecule has 0 aliphatic heterocycles. The zero-order valence-electron chi connectivity index (χ0n) is 25.2. The van der Waals surface area contributed by atoms with E-state index >= 15 is 0 Å². The molecule has 1 aromatic heterocycles. The fourth-order valence-corrected chi connectivity index (χ4v) is 5.61. The van der Waals surface area contributed by atoms with Crippen molar-refractivity contribution in [2.24, 2.45) is 5.73 Å². The van der Waals surface area contributed by atoms with Gasteiger partial charge in [-0.1, -0.05) is 54.6 Å². The molecule has 0 aliphatic rings. The fraction of sp³-hybridized carbons (Fsp3) is 0.286. The van der Waals surface area contributed by atoms with E-state index in [0.717, 1.165) is 11.3 Å². The number of hydrogen-bond acceptors (Lipinski definition) is 5. The number of carboxylic acids is 1. The van der Waals surface area contributed by atoms with Gasteiger partial charge in [-0.2, -0.15) is 0 Å². The number of amides is 2. The van der Waals surface area contributed by atoms with Crippen LogP contribution in [0.2, 0.25) is 0 Å². The molecule has 2 atom stereocenters.